The Kier molecular flexibility index (Phi) is 9.08. The molecule has 1 aliphatic rings. The van der Waals surface area contributed by atoms with Crippen molar-refractivity contribution in [1.29, 1.82) is 0 Å². The van der Waals surface area contributed by atoms with Crippen LogP contribution in [0, 0.1) is 5.92 Å². The lowest BCUT2D eigenvalue weighted by atomic mass is 10.1. The van der Waals surface area contributed by atoms with Gasteiger partial charge in [0.05, 0.1) is 16.6 Å². The van der Waals surface area contributed by atoms with E-state index in [1.54, 1.807) is 6.07 Å². The molecule has 0 aliphatic carbocycles. The Morgan fingerprint density at radius 2 is 1.92 bits per heavy atom. The number of carbonyl (C=O) groups excluding carboxylic acids is 1. The SMILES string of the molecule is Cl.Cl.O=C(Nc1ccc(NCc2ccccc2)c(Cl)c1)C1CCNC1. The molecule has 1 atom stereocenters. The fraction of sp³-hybridized carbons (Fsp3) is 0.278. The van der Waals surface area contributed by atoms with Crippen LogP contribution in [0.1, 0.15) is 12.0 Å². The standard InChI is InChI=1S/C18H20ClN3O.2ClH/c19-16-10-15(22-18(23)14-8-9-20-12-14)6-7-17(16)21-11-13-4-2-1-3-5-13;;/h1-7,10,14,20-21H,8-9,11-12H2,(H,22,23);2*1H. The van der Waals surface area contributed by atoms with E-state index in [0.717, 1.165) is 30.9 Å². The molecule has 3 rings (SSSR count). The van der Waals surface area contributed by atoms with Gasteiger partial charge in [0.15, 0.2) is 0 Å². The van der Waals surface area contributed by atoms with Gasteiger partial charge < -0.3 is 16.0 Å². The van der Waals surface area contributed by atoms with Gasteiger partial charge in [-0.3, -0.25) is 4.79 Å². The van der Waals surface area contributed by atoms with Crippen LogP contribution in [0.5, 0.6) is 0 Å². The molecule has 0 bridgehead atoms. The maximum Gasteiger partial charge on any atom is 0.228 e. The summed E-state index contributed by atoms with van der Waals surface area (Å²) in [5, 5.41) is 10.0. The third-order valence-corrected chi connectivity index (χ3v) is 4.31. The third-order valence-electron chi connectivity index (χ3n) is 3.99. The number of amides is 1. The molecule has 1 fully saturated rings. The average Bonchev–Trinajstić information content (AvgIpc) is 3.10. The lowest BCUT2D eigenvalue weighted by Crippen LogP contribution is -2.24. The van der Waals surface area contributed by atoms with Crippen LogP contribution in [-0.2, 0) is 11.3 Å². The van der Waals surface area contributed by atoms with Gasteiger partial charge in [-0.15, -0.1) is 24.8 Å². The molecule has 4 nitrogen and oxygen atoms in total. The van der Waals surface area contributed by atoms with Crippen LogP contribution >= 0.6 is 36.4 Å². The van der Waals surface area contributed by atoms with Gasteiger partial charge in [-0.25, -0.2) is 0 Å². The Bertz CT molecular complexity index is 677. The normalized spacial score (nSPS) is 15.6. The zero-order valence-corrected chi connectivity index (χ0v) is 16.0. The molecule has 7 heteroatoms. The molecule has 3 N–H and O–H groups in total. The highest BCUT2D eigenvalue weighted by molar-refractivity contribution is 6.33. The molecule has 1 amide bonds. The Morgan fingerprint density at radius 1 is 1.16 bits per heavy atom. The van der Waals surface area contributed by atoms with Crippen molar-refractivity contribution in [2.24, 2.45) is 5.92 Å². The second-order valence-electron chi connectivity index (χ2n) is 5.71. The smallest absolute Gasteiger partial charge is 0.228 e. The lowest BCUT2D eigenvalue weighted by Gasteiger charge is -2.13. The van der Waals surface area contributed by atoms with E-state index < -0.39 is 0 Å². The van der Waals surface area contributed by atoms with Crippen molar-refractivity contribution in [2.45, 2.75) is 13.0 Å². The van der Waals surface area contributed by atoms with Gasteiger partial charge in [0.2, 0.25) is 5.91 Å². The van der Waals surface area contributed by atoms with Crippen LogP contribution < -0.4 is 16.0 Å². The number of nitrogens with one attached hydrogen (secondary N) is 3. The van der Waals surface area contributed by atoms with E-state index >= 15 is 0 Å². The van der Waals surface area contributed by atoms with Crippen molar-refractivity contribution in [1.82, 2.24) is 5.32 Å². The Hall–Kier alpha value is -1.46. The van der Waals surface area contributed by atoms with Gasteiger partial charge >= 0.3 is 0 Å². The van der Waals surface area contributed by atoms with Crippen molar-refractivity contribution < 1.29 is 4.79 Å². The highest BCUT2D eigenvalue weighted by atomic mass is 35.5. The van der Waals surface area contributed by atoms with Crippen molar-refractivity contribution >= 4 is 53.7 Å². The first-order chi connectivity index (χ1) is 11.2. The van der Waals surface area contributed by atoms with Gasteiger partial charge in [0.1, 0.15) is 0 Å². The molecule has 1 unspecified atom stereocenters. The molecule has 2 aromatic carbocycles. The molecule has 0 spiro atoms. The van der Waals surface area contributed by atoms with Crippen molar-refractivity contribution in [3.63, 3.8) is 0 Å². The van der Waals surface area contributed by atoms with Crippen LogP contribution in [0.15, 0.2) is 48.5 Å². The number of halogens is 3. The van der Waals surface area contributed by atoms with E-state index in [4.69, 9.17) is 11.6 Å². The number of benzene rings is 2. The molecule has 0 saturated carbocycles. The van der Waals surface area contributed by atoms with Crippen LogP contribution in [0.2, 0.25) is 5.02 Å². The zero-order valence-electron chi connectivity index (χ0n) is 13.6. The quantitative estimate of drug-likeness (QED) is 0.697. The predicted molar refractivity (Wildman–Crippen MR) is 109 cm³/mol. The van der Waals surface area contributed by atoms with E-state index in [2.05, 4.69) is 28.1 Å². The first-order valence-electron chi connectivity index (χ1n) is 7.81. The summed E-state index contributed by atoms with van der Waals surface area (Å²) in [6.45, 7) is 2.36. The topological polar surface area (TPSA) is 53.2 Å². The summed E-state index contributed by atoms with van der Waals surface area (Å²) in [6, 6.07) is 15.7. The van der Waals surface area contributed by atoms with Crippen LogP contribution in [0.3, 0.4) is 0 Å². The summed E-state index contributed by atoms with van der Waals surface area (Å²) >= 11 is 6.31. The number of hydrogen-bond acceptors (Lipinski definition) is 3. The van der Waals surface area contributed by atoms with Crippen LogP contribution in [0.4, 0.5) is 11.4 Å². The van der Waals surface area contributed by atoms with E-state index in [1.165, 1.54) is 5.56 Å². The molecular weight excluding hydrogens is 381 g/mol. The average molecular weight is 403 g/mol. The summed E-state index contributed by atoms with van der Waals surface area (Å²) in [5.74, 6) is 0.0979. The largest absolute Gasteiger partial charge is 0.380 e. The molecule has 1 saturated heterocycles. The Morgan fingerprint density at radius 3 is 2.56 bits per heavy atom. The summed E-state index contributed by atoms with van der Waals surface area (Å²) in [6.07, 6.45) is 0.885. The van der Waals surface area contributed by atoms with E-state index in [9.17, 15) is 4.79 Å². The minimum Gasteiger partial charge on any atom is -0.380 e. The molecule has 0 radical (unpaired) electrons. The highest BCUT2D eigenvalue weighted by Gasteiger charge is 2.22. The Balaban J connectivity index is 0.00000156. The zero-order chi connectivity index (χ0) is 16.1. The number of carbonyl (C=O) groups is 1. The third kappa shape index (κ3) is 6.08. The van der Waals surface area contributed by atoms with Crippen LogP contribution in [-0.4, -0.2) is 19.0 Å². The highest BCUT2D eigenvalue weighted by Crippen LogP contribution is 2.26. The minimum absolute atomic E-state index is 0. The molecule has 1 heterocycles. The first kappa shape index (κ1) is 21.6. The van der Waals surface area contributed by atoms with Gasteiger partial charge in [0, 0.05) is 18.8 Å². The Labute approximate surface area is 165 Å². The molecule has 0 aromatic heterocycles. The maximum atomic E-state index is 12.1. The summed E-state index contributed by atoms with van der Waals surface area (Å²) < 4.78 is 0. The summed E-state index contributed by atoms with van der Waals surface area (Å²) in [5.41, 5.74) is 2.78. The van der Waals surface area contributed by atoms with Crippen LogP contribution in [0.25, 0.3) is 0 Å². The monoisotopic (exact) mass is 401 g/mol. The maximum absolute atomic E-state index is 12.1. The van der Waals surface area contributed by atoms with Gasteiger partial charge in [-0.05, 0) is 36.7 Å². The van der Waals surface area contributed by atoms with E-state index in [0.29, 0.717) is 11.6 Å². The van der Waals surface area contributed by atoms with Gasteiger partial charge in [-0.2, -0.15) is 0 Å². The van der Waals surface area contributed by atoms with Gasteiger partial charge in [0.25, 0.3) is 0 Å². The van der Waals surface area contributed by atoms with Crippen molar-refractivity contribution in [2.75, 3.05) is 23.7 Å². The van der Waals surface area contributed by atoms with Crippen molar-refractivity contribution in [3.05, 3.63) is 59.1 Å². The first-order valence-corrected chi connectivity index (χ1v) is 8.19. The number of rotatable bonds is 5. The molecule has 25 heavy (non-hydrogen) atoms. The second-order valence-corrected chi connectivity index (χ2v) is 6.12. The summed E-state index contributed by atoms with van der Waals surface area (Å²) in [4.78, 5) is 12.1. The van der Waals surface area contributed by atoms with Gasteiger partial charge in [-0.1, -0.05) is 41.9 Å². The molecule has 136 valence electrons. The van der Waals surface area contributed by atoms with Crippen molar-refractivity contribution in [3.8, 4) is 0 Å². The van der Waals surface area contributed by atoms with E-state index in [1.807, 2.05) is 30.3 Å². The molecule has 1 aliphatic heterocycles. The molecular formula is C18H22Cl3N3O. The lowest BCUT2D eigenvalue weighted by molar-refractivity contribution is -0.119. The fourth-order valence-corrected chi connectivity index (χ4v) is 2.90. The minimum atomic E-state index is 0. The number of anilines is 2. The second kappa shape index (κ2) is 10.5. The van der Waals surface area contributed by atoms with E-state index in [-0.39, 0.29) is 36.6 Å². The summed E-state index contributed by atoms with van der Waals surface area (Å²) in [7, 11) is 0. The fourth-order valence-electron chi connectivity index (χ4n) is 2.65. The number of hydrogen-bond donors (Lipinski definition) is 3. The molecule has 2 aromatic rings. The predicted octanol–water partition coefficient (Wildman–Crippen LogP) is 4.34.